The van der Waals surface area contributed by atoms with Crippen LogP contribution in [0.4, 0.5) is 10.1 Å². The molecule has 5 rings (SSSR count). The molecule has 0 aliphatic rings. The summed E-state index contributed by atoms with van der Waals surface area (Å²) in [5.74, 6) is 0.802. The number of pyridine rings is 1. The fourth-order valence-electron chi connectivity index (χ4n) is 4.28. The van der Waals surface area contributed by atoms with Gasteiger partial charge in [-0.25, -0.2) is 4.39 Å². The molecule has 0 radical (unpaired) electrons. The summed E-state index contributed by atoms with van der Waals surface area (Å²) in [6.45, 7) is 10.4. The highest BCUT2D eigenvalue weighted by Crippen LogP contribution is 2.36. The Bertz CT molecular complexity index is 1770. The van der Waals surface area contributed by atoms with Gasteiger partial charge in [-0.2, -0.15) is 0 Å². The van der Waals surface area contributed by atoms with Crippen LogP contribution in [0.15, 0.2) is 64.5 Å². The van der Waals surface area contributed by atoms with Crippen molar-refractivity contribution in [3.8, 4) is 28.8 Å². The van der Waals surface area contributed by atoms with E-state index in [1.165, 1.54) is 18.2 Å². The number of ether oxygens (including phenoxy) is 1. The lowest BCUT2D eigenvalue weighted by Crippen LogP contribution is -2.12. The first-order valence-corrected chi connectivity index (χ1v) is 11.7. The average Bonchev–Trinajstić information content (AvgIpc) is 3.51. The summed E-state index contributed by atoms with van der Waals surface area (Å²) in [5.41, 5.74) is 3.85. The molecule has 0 aliphatic heterocycles. The Morgan fingerprint density at radius 1 is 1.11 bits per heavy atom. The Labute approximate surface area is 216 Å². The molecule has 0 fully saturated rings. The van der Waals surface area contributed by atoms with Crippen LogP contribution in [0.2, 0.25) is 0 Å². The third-order valence-electron chi connectivity index (χ3n) is 6.03. The van der Waals surface area contributed by atoms with Crippen molar-refractivity contribution in [2.24, 2.45) is 0 Å². The largest absolute Gasteiger partial charge is 0.455 e. The second-order valence-corrected chi connectivity index (χ2v) is 8.93. The van der Waals surface area contributed by atoms with Crippen LogP contribution in [-0.4, -0.2) is 25.7 Å². The predicted molar refractivity (Wildman–Crippen MR) is 141 cm³/mol. The monoisotopic (exact) mass is 513 g/mol. The van der Waals surface area contributed by atoms with Gasteiger partial charge in [0.05, 0.1) is 11.2 Å². The van der Waals surface area contributed by atoms with Crippen molar-refractivity contribution in [1.29, 1.82) is 0 Å². The van der Waals surface area contributed by atoms with E-state index in [9.17, 15) is 14.0 Å². The van der Waals surface area contributed by atoms with Crippen molar-refractivity contribution >= 4 is 22.6 Å². The molecule has 192 valence electrons. The Balaban J connectivity index is 1.75. The van der Waals surface area contributed by atoms with Crippen LogP contribution in [-0.2, 0) is 4.79 Å². The van der Waals surface area contributed by atoms with Crippen LogP contribution in [0.1, 0.15) is 22.6 Å². The highest BCUT2D eigenvalue weighted by molar-refractivity contribution is 5.99. The maximum Gasteiger partial charge on any atom is 0.264 e. The molecule has 10 heteroatoms. The number of aryl methyl sites for hydroxylation is 4. The van der Waals surface area contributed by atoms with E-state index in [0.717, 1.165) is 0 Å². The maximum absolute atomic E-state index is 13.9. The highest BCUT2D eigenvalue weighted by Gasteiger charge is 2.19. The molecule has 2 aromatic carbocycles. The summed E-state index contributed by atoms with van der Waals surface area (Å²) < 4.78 is 27.6. The van der Waals surface area contributed by atoms with Gasteiger partial charge in [0, 0.05) is 24.4 Å². The minimum absolute atomic E-state index is 0.192. The summed E-state index contributed by atoms with van der Waals surface area (Å²) in [6.07, 6.45) is 2.86. The molecule has 1 amide bonds. The lowest BCUT2D eigenvalue weighted by atomic mass is 10.1. The predicted octanol–water partition coefficient (Wildman–Crippen LogP) is 5.66. The molecule has 0 saturated carbocycles. The smallest absolute Gasteiger partial charge is 0.264 e. The number of carbonyl (C=O) groups excluding carboxylic acids is 1. The van der Waals surface area contributed by atoms with Crippen molar-refractivity contribution in [2.75, 3.05) is 5.32 Å². The molecule has 0 unspecified atom stereocenters. The zero-order valence-corrected chi connectivity index (χ0v) is 21.2. The van der Waals surface area contributed by atoms with E-state index in [2.05, 4.69) is 27.1 Å². The van der Waals surface area contributed by atoms with Crippen LogP contribution >= 0.6 is 0 Å². The molecule has 38 heavy (non-hydrogen) atoms. The van der Waals surface area contributed by atoms with Crippen molar-refractivity contribution in [3.05, 3.63) is 93.9 Å². The number of nitrogens with zero attached hydrogens (tertiary/aromatic N) is 3. The second-order valence-electron chi connectivity index (χ2n) is 8.93. The number of halogens is 1. The first kappa shape index (κ1) is 24.7. The topological polar surface area (TPSA) is 115 Å². The van der Waals surface area contributed by atoms with Crippen molar-refractivity contribution < 1.29 is 18.3 Å². The zero-order chi connectivity index (χ0) is 27.1. The third-order valence-corrected chi connectivity index (χ3v) is 6.03. The van der Waals surface area contributed by atoms with Crippen LogP contribution in [0, 0.1) is 33.5 Å². The number of hydrogen-bond donors (Lipinski definition) is 2. The summed E-state index contributed by atoms with van der Waals surface area (Å²) >= 11 is 0. The van der Waals surface area contributed by atoms with Gasteiger partial charge in [0.1, 0.15) is 22.8 Å². The molecule has 0 bridgehead atoms. The number of H-pyrrole nitrogens is 1. The van der Waals surface area contributed by atoms with Gasteiger partial charge in [-0.1, -0.05) is 6.58 Å². The van der Waals surface area contributed by atoms with E-state index >= 15 is 0 Å². The Hall–Kier alpha value is -4.99. The number of amides is 1. The minimum Gasteiger partial charge on any atom is -0.455 e. The molecule has 0 aliphatic carbocycles. The number of benzene rings is 2. The fourth-order valence-corrected chi connectivity index (χ4v) is 4.28. The SMILES string of the molecule is C=CC(=O)Nc1ccc(Oc2c(C)cc(F)cc2C)c(-n2cc(C)c(=O)c3[nH]c(-c4nnc(C)o4)cc32)c1. The number of rotatable bonds is 6. The number of fused-ring (bicyclic) bond motifs is 1. The van der Waals surface area contributed by atoms with E-state index < -0.39 is 0 Å². The van der Waals surface area contributed by atoms with Gasteiger partial charge < -0.3 is 24.0 Å². The lowest BCUT2D eigenvalue weighted by molar-refractivity contribution is -0.111. The first-order chi connectivity index (χ1) is 18.1. The number of hydrogen-bond acceptors (Lipinski definition) is 6. The zero-order valence-electron chi connectivity index (χ0n) is 21.2. The maximum atomic E-state index is 13.9. The Morgan fingerprint density at radius 3 is 2.50 bits per heavy atom. The summed E-state index contributed by atoms with van der Waals surface area (Å²) in [4.78, 5) is 28.2. The molecule has 0 atom stereocenters. The molecule has 5 aromatic rings. The average molecular weight is 514 g/mol. The number of carbonyl (C=O) groups is 1. The van der Waals surface area contributed by atoms with Crippen LogP contribution in [0.3, 0.4) is 0 Å². The van der Waals surface area contributed by atoms with Crippen molar-refractivity contribution in [1.82, 2.24) is 19.7 Å². The quantitative estimate of drug-likeness (QED) is 0.283. The van der Waals surface area contributed by atoms with Gasteiger partial charge in [-0.05, 0) is 74.4 Å². The van der Waals surface area contributed by atoms with Crippen molar-refractivity contribution in [3.63, 3.8) is 0 Å². The van der Waals surface area contributed by atoms with Gasteiger partial charge in [0.15, 0.2) is 5.75 Å². The number of aromatic nitrogens is 4. The van der Waals surface area contributed by atoms with Crippen molar-refractivity contribution in [2.45, 2.75) is 27.7 Å². The molecule has 3 heterocycles. The van der Waals surface area contributed by atoms with E-state index in [1.807, 2.05) is 0 Å². The molecule has 2 N–H and O–H groups in total. The number of nitrogens with one attached hydrogen (secondary N) is 2. The third kappa shape index (κ3) is 4.47. The number of anilines is 1. The standard InChI is InChI=1S/C28H24FN5O4/c1-6-24(35)30-19-7-8-23(38-27-14(2)9-18(29)10-15(27)3)21(11-19)34-13-16(4)26(36)25-22(34)12-20(31-25)28-33-32-17(5)37-28/h6-13,31H,1H2,2-5H3,(H,30,35). The molecule has 9 nitrogen and oxygen atoms in total. The Morgan fingerprint density at radius 2 is 1.84 bits per heavy atom. The van der Waals surface area contributed by atoms with Gasteiger partial charge in [-0.3, -0.25) is 9.59 Å². The second kappa shape index (κ2) is 9.47. The van der Waals surface area contributed by atoms with Crippen LogP contribution < -0.4 is 15.5 Å². The molecule has 0 saturated heterocycles. The van der Waals surface area contributed by atoms with Gasteiger partial charge in [0.25, 0.3) is 5.89 Å². The van der Waals surface area contributed by atoms with E-state index in [-0.39, 0.29) is 23.0 Å². The van der Waals surface area contributed by atoms with E-state index in [0.29, 0.717) is 62.2 Å². The van der Waals surface area contributed by atoms with Crippen LogP contribution in [0.5, 0.6) is 11.5 Å². The summed E-state index contributed by atoms with van der Waals surface area (Å²) in [6, 6.07) is 9.63. The highest BCUT2D eigenvalue weighted by atomic mass is 19.1. The van der Waals surface area contributed by atoms with Gasteiger partial charge in [0.2, 0.25) is 17.2 Å². The molecule has 0 spiro atoms. The molecular formula is C28H24FN5O4. The van der Waals surface area contributed by atoms with E-state index in [1.54, 1.807) is 62.7 Å². The van der Waals surface area contributed by atoms with E-state index in [4.69, 9.17) is 9.15 Å². The normalized spacial score (nSPS) is 11.1. The molecule has 3 aromatic heterocycles. The Kier molecular flexibility index (Phi) is 6.15. The summed E-state index contributed by atoms with van der Waals surface area (Å²) in [7, 11) is 0. The lowest BCUT2D eigenvalue weighted by Gasteiger charge is -2.19. The van der Waals surface area contributed by atoms with Gasteiger partial charge in [-0.15, -0.1) is 10.2 Å². The first-order valence-electron chi connectivity index (χ1n) is 11.7. The summed E-state index contributed by atoms with van der Waals surface area (Å²) in [5, 5.41) is 10.7. The minimum atomic E-state index is -0.383. The molecular weight excluding hydrogens is 489 g/mol. The van der Waals surface area contributed by atoms with Gasteiger partial charge >= 0.3 is 0 Å². The van der Waals surface area contributed by atoms with Crippen LogP contribution in [0.25, 0.3) is 28.3 Å². The fraction of sp³-hybridized carbons (Fsp3) is 0.143. The number of aromatic amines is 1.